The molecule has 196 valence electrons. The molecule has 0 bridgehead atoms. The monoisotopic (exact) mass is 605 g/mol. The molecule has 2 amide bonds. The van der Waals surface area contributed by atoms with E-state index in [0.29, 0.717) is 27.3 Å². The zero-order valence-corrected chi connectivity index (χ0v) is 24.0. The molecule has 0 aliphatic heterocycles. The lowest BCUT2D eigenvalue weighted by molar-refractivity contribution is -0.139. The van der Waals surface area contributed by atoms with Gasteiger partial charge in [-0.1, -0.05) is 69.5 Å². The maximum absolute atomic E-state index is 13.8. The van der Waals surface area contributed by atoms with E-state index in [1.165, 1.54) is 17.0 Å². The molecule has 0 heterocycles. The number of nitrogens with one attached hydrogen (secondary N) is 1. The summed E-state index contributed by atoms with van der Waals surface area (Å²) in [5.41, 5.74) is 1.86. The number of hydrogen-bond acceptors (Lipinski definition) is 4. The van der Waals surface area contributed by atoms with Gasteiger partial charge in [0.25, 0.3) is 10.0 Å². The number of benzene rings is 3. The predicted molar refractivity (Wildman–Crippen MR) is 150 cm³/mol. The predicted octanol–water partition coefficient (Wildman–Crippen LogP) is 5.16. The molecule has 0 saturated heterocycles. The van der Waals surface area contributed by atoms with Crippen LogP contribution in [0.1, 0.15) is 25.0 Å². The molecule has 0 radical (unpaired) electrons. The van der Waals surface area contributed by atoms with E-state index >= 15 is 0 Å². The molecule has 0 aromatic heterocycles. The Morgan fingerprint density at radius 2 is 1.70 bits per heavy atom. The van der Waals surface area contributed by atoms with Crippen LogP contribution in [0.15, 0.2) is 82.2 Å². The highest BCUT2D eigenvalue weighted by Gasteiger charge is 2.32. The summed E-state index contributed by atoms with van der Waals surface area (Å²) in [7, 11) is -4.12. The maximum atomic E-state index is 13.8. The highest BCUT2D eigenvalue weighted by atomic mass is 79.9. The SMILES string of the molecule is CCNC(=O)[C@@H](C)N(Cc1ccccc1Cl)C(=O)CN(c1cccc(Br)c1)S(=O)(=O)c1ccc(C)cc1. The number of carbonyl (C=O) groups excluding carboxylic acids is 2. The Kier molecular flexibility index (Phi) is 9.75. The first kappa shape index (κ1) is 28.7. The normalized spacial score (nSPS) is 12.0. The second-order valence-corrected chi connectivity index (χ2v) is 11.7. The number of halogens is 2. The van der Waals surface area contributed by atoms with Crippen LogP contribution >= 0.6 is 27.5 Å². The molecule has 37 heavy (non-hydrogen) atoms. The van der Waals surface area contributed by atoms with Crippen molar-refractivity contribution >= 4 is 55.1 Å². The summed E-state index contributed by atoms with van der Waals surface area (Å²) in [5, 5.41) is 3.18. The summed E-state index contributed by atoms with van der Waals surface area (Å²) in [6.45, 7) is 5.17. The molecule has 3 rings (SSSR count). The van der Waals surface area contributed by atoms with Gasteiger partial charge >= 0.3 is 0 Å². The molecule has 10 heteroatoms. The van der Waals surface area contributed by atoms with Crippen molar-refractivity contribution in [3.63, 3.8) is 0 Å². The largest absolute Gasteiger partial charge is 0.355 e. The number of amides is 2. The number of rotatable bonds is 10. The van der Waals surface area contributed by atoms with Gasteiger partial charge in [0.1, 0.15) is 12.6 Å². The van der Waals surface area contributed by atoms with E-state index in [2.05, 4.69) is 21.2 Å². The molecule has 0 spiro atoms. The minimum atomic E-state index is -4.12. The van der Waals surface area contributed by atoms with Gasteiger partial charge in [-0.2, -0.15) is 0 Å². The molecule has 0 aliphatic carbocycles. The smallest absolute Gasteiger partial charge is 0.264 e. The Labute approximate surface area is 231 Å². The number of likely N-dealkylation sites (N-methyl/N-ethyl adjacent to an activating group) is 1. The Bertz CT molecular complexity index is 1370. The van der Waals surface area contributed by atoms with Gasteiger partial charge in [0, 0.05) is 22.6 Å². The topological polar surface area (TPSA) is 86.8 Å². The highest BCUT2D eigenvalue weighted by Crippen LogP contribution is 2.27. The average Bonchev–Trinajstić information content (AvgIpc) is 2.86. The van der Waals surface area contributed by atoms with Crippen LogP contribution in [0.5, 0.6) is 0 Å². The summed E-state index contributed by atoms with van der Waals surface area (Å²) in [6, 6.07) is 19.3. The Balaban J connectivity index is 2.04. The second kappa shape index (κ2) is 12.6. The lowest BCUT2D eigenvalue weighted by atomic mass is 10.1. The molecule has 7 nitrogen and oxygen atoms in total. The van der Waals surface area contributed by atoms with Crippen molar-refractivity contribution in [2.75, 3.05) is 17.4 Å². The first-order valence-corrected chi connectivity index (χ1v) is 14.3. The average molecular weight is 607 g/mol. The fourth-order valence-electron chi connectivity index (χ4n) is 3.71. The zero-order valence-electron chi connectivity index (χ0n) is 20.8. The minimum Gasteiger partial charge on any atom is -0.355 e. The summed E-state index contributed by atoms with van der Waals surface area (Å²) >= 11 is 9.74. The lowest BCUT2D eigenvalue weighted by Gasteiger charge is -2.32. The Morgan fingerprint density at radius 1 is 1.03 bits per heavy atom. The fourth-order valence-corrected chi connectivity index (χ4v) is 5.70. The molecular weight excluding hydrogens is 578 g/mol. The van der Waals surface area contributed by atoms with Crippen LogP contribution < -0.4 is 9.62 Å². The third-order valence-corrected chi connectivity index (χ3v) is 8.45. The van der Waals surface area contributed by atoms with E-state index < -0.39 is 28.5 Å². The van der Waals surface area contributed by atoms with Gasteiger partial charge < -0.3 is 10.2 Å². The van der Waals surface area contributed by atoms with Gasteiger partial charge in [-0.25, -0.2) is 8.42 Å². The van der Waals surface area contributed by atoms with Crippen LogP contribution in [0.4, 0.5) is 5.69 Å². The van der Waals surface area contributed by atoms with Gasteiger partial charge in [-0.3, -0.25) is 13.9 Å². The zero-order chi connectivity index (χ0) is 27.2. The van der Waals surface area contributed by atoms with Gasteiger partial charge in [-0.05, 0) is 62.7 Å². The van der Waals surface area contributed by atoms with Crippen LogP contribution in [0.25, 0.3) is 0 Å². The number of hydrogen-bond donors (Lipinski definition) is 1. The Hall–Kier alpha value is -2.88. The lowest BCUT2D eigenvalue weighted by Crippen LogP contribution is -2.51. The van der Waals surface area contributed by atoms with E-state index in [4.69, 9.17) is 11.6 Å². The molecule has 0 aliphatic rings. The molecule has 1 N–H and O–H groups in total. The van der Waals surface area contributed by atoms with E-state index in [1.807, 2.05) is 6.92 Å². The van der Waals surface area contributed by atoms with E-state index in [1.54, 1.807) is 74.5 Å². The van der Waals surface area contributed by atoms with Gasteiger partial charge in [0.05, 0.1) is 10.6 Å². The molecule has 3 aromatic carbocycles. The van der Waals surface area contributed by atoms with Crippen molar-refractivity contribution in [1.82, 2.24) is 10.2 Å². The van der Waals surface area contributed by atoms with Gasteiger partial charge in [0.2, 0.25) is 11.8 Å². The first-order chi connectivity index (χ1) is 17.5. The second-order valence-electron chi connectivity index (χ2n) is 8.49. The highest BCUT2D eigenvalue weighted by molar-refractivity contribution is 9.10. The van der Waals surface area contributed by atoms with Crippen molar-refractivity contribution in [2.45, 2.75) is 38.3 Å². The number of nitrogens with zero attached hydrogens (tertiary/aromatic N) is 2. The third-order valence-electron chi connectivity index (χ3n) is 5.80. The summed E-state index contributed by atoms with van der Waals surface area (Å²) in [4.78, 5) is 27.9. The molecule has 0 fully saturated rings. The van der Waals surface area contributed by atoms with Crippen LogP contribution in [-0.4, -0.2) is 44.3 Å². The van der Waals surface area contributed by atoms with Crippen molar-refractivity contribution in [1.29, 1.82) is 0 Å². The van der Waals surface area contributed by atoms with Crippen LogP contribution in [-0.2, 0) is 26.2 Å². The van der Waals surface area contributed by atoms with Crippen molar-refractivity contribution in [3.05, 3.63) is 93.4 Å². The van der Waals surface area contributed by atoms with Crippen LogP contribution in [0.2, 0.25) is 5.02 Å². The minimum absolute atomic E-state index is 0.0354. The summed E-state index contributed by atoms with van der Waals surface area (Å²) in [5.74, 6) is -0.896. The first-order valence-electron chi connectivity index (χ1n) is 11.7. The quantitative estimate of drug-likeness (QED) is 0.346. The molecule has 1 atom stereocenters. The van der Waals surface area contributed by atoms with Crippen LogP contribution in [0.3, 0.4) is 0 Å². The number of aryl methyl sites for hydroxylation is 1. The van der Waals surface area contributed by atoms with Gasteiger partial charge in [0.15, 0.2) is 0 Å². The maximum Gasteiger partial charge on any atom is 0.264 e. The summed E-state index contributed by atoms with van der Waals surface area (Å²) in [6.07, 6.45) is 0. The molecule has 0 unspecified atom stereocenters. The van der Waals surface area contributed by atoms with Crippen molar-refractivity contribution < 1.29 is 18.0 Å². The van der Waals surface area contributed by atoms with E-state index in [9.17, 15) is 18.0 Å². The van der Waals surface area contributed by atoms with Crippen molar-refractivity contribution in [3.8, 4) is 0 Å². The molecule has 0 saturated carbocycles. The Morgan fingerprint density at radius 3 is 2.32 bits per heavy atom. The van der Waals surface area contributed by atoms with Gasteiger partial charge in [-0.15, -0.1) is 0 Å². The van der Waals surface area contributed by atoms with Crippen LogP contribution in [0, 0.1) is 6.92 Å². The molecular formula is C27H29BrClN3O4S. The number of sulfonamides is 1. The van der Waals surface area contributed by atoms with E-state index in [0.717, 1.165) is 9.87 Å². The van der Waals surface area contributed by atoms with Crippen molar-refractivity contribution in [2.24, 2.45) is 0 Å². The standard InChI is InChI=1S/C27H29BrClN3O4S/c1-4-30-27(34)20(3)31(17-21-8-5-6-11-25(21)29)26(33)18-32(23-10-7-9-22(28)16-23)37(35,36)24-14-12-19(2)13-15-24/h5-16,20H,4,17-18H2,1-3H3,(H,30,34)/t20-/m1/s1. The third kappa shape index (κ3) is 7.12. The summed E-state index contributed by atoms with van der Waals surface area (Å²) < 4.78 is 29.3. The van der Waals surface area contributed by atoms with E-state index in [-0.39, 0.29) is 17.3 Å². The number of anilines is 1. The fraction of sp³-hybridized carbons (Fsp3) is 0.259. The number of carbonyl (C=O) groups is 2. The molecule has 3 aromatic rings.